The molecule has 2 amide bonds. The normalized spacial score (nSPS) is 16.9. The maximum absolute atomic E-state index is 13.7. The highest BCUT2D eigenvalue weighted by Gasteiger charge is 2.33. The van der Waals surface area contributed by atoms with E-state index in [1.807, 2.05) is 13.0 Å². The number of nitrogens with zero attached hydrogens (tertiary/aromatic N) is 2. The quantitative estimate of drug-likeness (QED) is 0.173. The smallest absolute Gasteiger partial charge is 0.274 e. The van der Waals surface area contributed by atoms with E-state index in [0.717, 1.165) is 12.8 Å². The molecule has 0 saturated heterocycles. The second-order valence-corrected chi connectivity index (χ2v) is 10.8. The highest BCUT2D eigenvalue weighted by Crippen LogP contribution is 2.38. The minimum Gasteiger partial charge on any atom is -0.493 e. The molecule has 1 fully saturated rings. The molecule has 1 aromatic heterocycles. The van der Waals surface area contributed by atoms with Gasteiger partial charge in [0.05, 0.1) is 17.9 Å². The van der Waals surface area contributed by atoms with Crippen molar-refractivity contribution in [2.45, 2.75) is 38.5 Å². The third kappa shape index (κ3) is 7.26. The number of anilines is 1. The van der Waals surface area contributed by atoms with Crippen molar-refractivity contribution < 1.29 is 23.1 Å². The third-order valence-electron chi connectivity index (χ3n) is 7.45. The molecule has 44 heavy (non-hydrogen) atoms. The van der Waals surface area contributed by atoms with E-state index in [4.69, 9.17) is 20.8 Å². The number of halogens is 2. The Balaban J connectivity index is 1.37. The first-order valence-corrected chi connectivity index (χ1v) is 14.8. The number of hydrogen-bond acceptors (Lipinski definition) is 7. The van der Waals surface area contributed by atoms with Gasteiger partial charge >= 0.3 is 0 Å². The Hall–Kier alpha value is -4.70. The lowest BCUT2D eigenvalue weighted by atomic mass is 9.81. The number of amides is 2. The molecule has 1 saturated carbocycles. The number of carbonyl (C=O) groups excluding carboxylic acids is 2. The summed E-state index contributed by atoms with van der Waals surface area (Å²) in [6, 6.07) is 19.8. The van der Waals surface area contributed by atoms with Crippen molar-refractivity contribution in [3.63, 3.8) is 0 Å². The second kappa shape index (κ2) is 14.2. The van der Waals surface area contributed by atoms with Gasteiger partial charge in [0, 0.05) is 35.2 Å². The van der Waals surface area contributed by atoms with Crippen molar-refractivity contribution in [3.8, 4) is 17.2 Å². The zero-order valence-corrected chi connectivity index (χ0v) is 25.2. The van der Waals surface area contributed by atoms with Gasteiger partial charge in [0.15, 0.2) is 0 Å². The fourth-order valence-corrected chi connectivity index (χ4v) is 5.49. The van der Waals surface area contributed by atoms with Gasteiger partial charge < -0.3 is 25.1 Å². The average Bonchev–Trinajstić information content (AvgIpc) is 3.53. The van der Waals surface area contributed by atoms with E-state index in [1.165, 1.54) is 12.1 Å². The number of ether oxygens (including phenoxy) is 1. The fraction of sp³-hybridized carbons (Fsp3) is 0.273. The van der Waals surface area contributed by atoms with Crippen LogP contribution < -0.4 is 20.7 Å². The van der Waals surface area contributed by atoms with Gasteiger partial charge in [0.25, 0.3) is 11.8 Å². The summed E-state index contributed by atoms with van der Waals surface area (Å²) in [7, 11) is 1.64. The van der Waals surface area contributed by atoms with E-state index in [1.54, 1.807) is 61.6 Å². The van der Waals surface area contributed by atoms with Crippen molar-refractivity contribution in [1.82, 2.24) is 20.8 Å². The lowest BCUT2D eigenvalue weighted by molar-refractivity contribution is -0.126. The molecule has 5 rings (SSSR count). The molecule has 0 spiro atoms. The number of benzene rings is 3. The molecular formula is C33H33ClFN5O4. The Kier molecular flexibility index (Phi) is 9.91. The Bertz CT molecular complexity index is 1640. The van der Waals surface area contributed by atoms with Crippen LogP contribution in [0.15, 0.2) is 82.9 Å². The Morgan fingerprint density at radius 1 is 1.05 bits per heavy atom. The summed E-state index contributed by atoms with van der Waals surface area (Å²) in [5.41, 5.74) is 2.09. The van der Waals surface area contributed by atoms with Crippen LogP contribution in [0.2, 0.25) is 5.02 Å². The van der Waals surface area contributed by atoms with Gasteiger partial charge in [0.2, 0.25) is 11.8 Å². The van der Waals surface area contributed by atoms with Crippen LogP contribution in [0.3, 0.4) is 0 Å². The van der Waals surface area contributed by atoms with Crippen LogP contribution in [0.25, 0.3) is 17.2 Å². The van der Waals surface area contributed by atoms with E-state index >= 15 is 0 Å². The SMILES string of the molecule is CCOc1ccc(Cl)cc1-c1nnc([C@H]2CCC[C@@H](C(=O)N/C(C(=O)Nc3ccccc3)=C(/NC)c3ccc(F)cc3)C2)o1. The molecule has 0 aliphatic heterocycles. The molecule has 0 bridgehead atoms. The van der Waals surface area contributed by atoms with Crippen molar-refractivity contribution in [1.29, 1.82) is 0 Å². The van der Waals surface area contributed by atoms with Crippen molar-refractivity contribution in [2.24, 2.45) is 5.92 Å². The number of nitrogens with one attached hydrogen (secondary N) is 3. The molecule has 11 heteroatoms. The molecule has 0 radical (unpaired) electrons. The first kappa shape index (κ1) is 30.7. The van der Waals surface area contributed by atoms with Gasteiger partial charge in [0.1, 0.15) is 17.3 Å². The summed E-state index contributed by atoms with van der Waals surface area (Å²) >= 11 is 6.22. The largest absolute Gasteiger partial charge is 0.493 e. The first-order chi connectivity index (χ1) is 21.4. The zero-order chi connectivity index (χ0) is 31.1. The maximum atomic E-state index is 13.7. The van der Waals surface area contributed by atoms with Gasteiger partial charge in [-0.25, -0.2) is 4.39 Å². The minimum absolute atomic E-state index is 0.0274. The maximum Gasteiger partial charge on any atom is 0.274 e. The minimum atomic E-state index is -0.515. The third-order valence-corrected chi connectivity index (χ3v) is 7.68. The van der Waals surface area contributed by atoms with Crippen LogP contribution in [0, 0.1) is 11.7 Å². The van der Waals surface area contributed by atoms with E-state index in [-0.39, 0.29) is 17.5 Å². The highest BCUT2D eigenvalue weighted by atomic mass is 35.5. The fourth-order valence-electron chi connectivity index (χ4n) is 5.31. The molecule has 9 nitrogen and oxygen atoms in total. The Labute approximate surface area is 259 Å². The number of hydrogen-bond donors (Lipinski definition) is 3. The molecule has 1 aliphatic rings. The van der Waals surface area contributed by atoms with Crippen molar-refractivity contribution in [2.75, 3.05) is 19.0 Å². The Morgan fingerprint density at radius 2 is 1.82 bits per heavy atom. The van der Waals surface area contributed by atoms with Crippen LogP contribution in [0.4, 0.5) is 10.1 Å². The predicted molar refractivity (Wildman–Crippen MR) is 166 cm³/mol. The van der Waals surface area contributed by atoms with Gasteiger partial charge in [-0.2, -0.15) is 0 Å². The molecule has 1 aliphatic carbocycles. The van der Waals surface area contributed by atoms with E-state index in [0.29, 0.717) is 64.5 Å². The van der Waals surface area contributed by atoms with Crippen LogP contribution in [0.1, 0.15) is 50.0 Å². The summed E-state index contributed by atoms with van der Waals surface area (Å²) in [6.07, 6.45) is 2.62. The van der Waals surface area contributed by atoms with Crippen molar-refractivity contribution in [3.05, 3.63) is 101 Å². The highest BCUT2D eigenvalue weighted by molar-refractivity contribution is 6.30. The summed E-state index contributed by atoms with van der Waals surface area (Å²) in [4.78, 5) is 27.3. The standard InChI is InChI=1S/C33H33ClFN5O4/c1-3-43-27-17-14-23(34)19-26(27)33-40-39-32(44-33)22-9-7-8-21(18-22)30(41)38-29(31(42)37-25-10-5-4-6-11-25)28(36-2)20-12-15-24(35)16-13-20/h4-6,10-17,19,21-22,36H,3,7-9,18H2,1-2H3,(H,37,42)(H,38,41)/b29-28+/t21-,22+/m1/s1. The molecule has 228 valence electrons. The summed E-state index contributed by atoms with van der Waals surface area (Å²) in [5, 5.41) is 17.8. The van der Waals surface area contributed by atoms with E-state index in [9.17, 15) is 14.0 Å². The molecule has 1 heterocycles. The lowest BCUT2D eigenvalue weighted by Crippen LogP contribution is -2.38. The molecule has 0 unspecified atom stereocenters. The molecule has 3 aromatic carbocycles. The van der Waals surface area contributed by atoms with Crippen LogP contribution in [0.5, 0.6) is 5.75 Å². The van der Waals surface area contributed by atoms with Crippen LogP contribution in [-0.4, -0.2) is 35.7 Å². The zero-order valence-electron chi connectivity index (χ0n) is 24.4. The average molecular weight is 618 g/mol. The monoisotopic (exact) mass is 617 g/mol. The van der Waals surface area contributed by atoms with Gasteiger partial charge in [-0.05, 0) is 80.8 Å². The van der Waals surface area contributed by atoms with Crippen LogP contribution >= 0.6 is 11.6 Å². The second-order valence-electron chi connectivity index (χ2n) is 10.4. The Morgan fingerprint density at radius 3 is 2.55 bits per heavy atom. The van der Waals surface area contributed by atoms with E-state index in [2.05, 4.69) is 26.1 Å². The summed E-state index contributed by atoms with van der Waals surface area (Å²) < 4.78 is 25.5. The number of para-hydroxylation sites is 1. The topological polar surface area (TPSA) is 118 Å². The van der Waals surface area contributed by atoms with Crippen LogP contribution in [-0.2, 0) is 9.59 Å². The first-order valence-electron chi connectivity index (χ1n) is 14.5. The number of carbonyl (C=O) groups is 2. The number of aromatic nitrogens is 2. The summed E-state index contributed by atoms with van der Waals surface area (Å²) in [5.74, 6) is -0.497. The predicted octanol–water partition coefficient (Wildman–Crippen LogP) is 6.54. The van der Waals surface area contributed by atoms with Crippen molar-refractivity contribution >= 4 is 34.8 Å². The van der Waals surface area contributed by atoms with Gasteiger partial charge in [-0.1, -0.05) is 36.2 Å². The van der Waals surface area contributed by atoms with Gasteiger partial charge in [-0.15, -0.1) is 10.2 Å². The lowest BCUT2D eigenvalue weighted by Gasteiger charge is -2.27. The van der Waals surface area contributed by atoms with E-state index < -0.39 is 17.6 Å². The van der Waals surface area contributed by atoms with Gasteiger partial charge in [-0.3, -0.25) is 9.59 Å². The molecule has 2 atom stereocenters. The molecule has 3 N–H and O–H groups in total. The number of rotatable bonds is 10. The molecular weight excluding hydrogens is 585 g/mol. The summed E-state index contributed by atoms with van der Waals surface area (Å²) in [6.45, 7) is 2.35. The molecule has 4 aromatic rings.